The lowest BCUT2D eigenvalue weighted by molar-refractivity contribution is -0.586. The van der Waals surface area contributed by atoms with Crippen molar-refractivity contribution in [3.05, 3.63) is 41.5 Å². The number of hydrogen-bond donors (Lipinski definition) is 2. The molecule has 3 heterocycles. The van der Waals surface area contributed by atoms with Crippen molar-refractivity contribution in [3.63, 3.8) is 0 Å². The number of H-pyrrole nitrogens is 1. The van der Waals surface area contributed by atoms with Gasteiger partial charge in [0.1, 0.15) is 17.1 Å². The van der Waals surface area contributed by atoms with E-state index < -0.39 is 11.4 Å². The van der Waals surface area contributed by atoms with Gasteiger partial charge in [0.25, 0.3) is 5.65 Å². The number of hydrogen-bond acceptors (Lipinski definition) is 5. The Balaban J connectivity index is 2.15. The minimum atomic E-state index is -1.18. The van der Waals surface area contributed by atoms with Crippen molar-refractivity contribution in [2.24, 2.45) is 5.92 Å². The third-order valence-electron chi connectivity index (χ3n) is 4.08. The van der Waals surface area contributed by atoms with E-state index >= 15 is 0 Å². The van der Waals surface area contributed by atoms with Crippen LogP contribution in [0.4, 0.5) is 5.69 Å². The Bertz CT molecular complexity index is 942. The summed E-state index contributed by atoms with van der Waals surface area (Å²) in [4.78, 5) is 7.43. The number of fused-ring (bicyclic) bond motifs is 1. The Hall–Kier alpha value is -2.45. The minimum Gasteiger partial charge on any atom is -0.710 e. The molecular weight excluding hydrogens is 364 g/mol. The van der Waals surface area contributed by atoms with Gasteiger partial charge in [0.15, 0.2) is 0 Å². The molecular formula is C19H24N4O3S. The highest BCUT2D eigenvalue weighted by Crippen LogP contribution is 2.35. The summed E-state index contributed by atoms with van der Waals surface area (Å²) in [6, 6.07) is 5.55. The predicted octanol–water partition coefficient (Wildman–Crippen LogP) is 3.30. The van der Waals surface area contributed by atoms with E-state index in [1.165, 1.54) is 0 Å². The standard InChI is InChI=1S/C19H24N4O3S/c1-5-27(25)22-14-9-17(19(21-10-14)26-11-12(2)3)16-8-13(4)23(24)18-15(16)6-7-20-18/h6-10,12,20,22H,5,11H2,1-4H3. The molecule has 0 saturated carbocycles. The number of aromatic amines is 1. The molecule has 7 nitrogen and oxygen atoms in total. The van der Waals surface area contributed by atoms with Gasteiger partial charge in [-0.15, -0.1) is 0 Å². The molecule has 3 rings (SSSR count). The number of nitrogens with one attached hydrogen (secondary N) is 2. The van der Waals surface area contributed by atoms with E-state index in [1.54, 1.807) is 19.3 Å². The average Bonchev–Trinajstić information content (AvgIpc) is 3.13. The van der Waals surface area contributed by atoms with Crippen LogP contribution in [0, 0.1) is 18.0 Å². The van der Waals surface area contributed by atoms with E-state index in [-0.39, 0.29) is 0 Å². The molecule has 0 spiro atoms. The molecule has 0 fully saturated rings. The summed E-state index contributed by atoms with van der Waals surface area (Å²) in [5, 5.41) is 13.1. The minimum absolute atomic E-state index is 0.346. The van der Waals surface area contributed by atoms with Gasteiger partial charge in [-0.25, -0.2) is 19.4 Å². The largest absolute Gasteiger partial charge is 0.710 e. The second-order valence-corrected chi connectivity index (χ2v) is 8.22. The van der Waals surface area contributed by atoms with Crippen molar-refractivity contribution in [2.45, 2.75) is 27.7 Å². The lowest BCUT2D eigenvalue weighted by Crippen LogP contribution is -2.31. The zero-order valence-electron chi connectivity index (χ0n) is 15.9. The number of anilines is 1. The van der Waals surface area contributed by atoms with Gasteiger partial charge in [-0.3, -0.25) is 0 Å². The lowest BCUT2D eigenvalue weighted by Gasteiger charge is -2.16. The van der Waals surface area contributed by atoms with Gasteiger partial charge < -0.3 is 14.5 Å². The van der Waals surface area contributed by atoms with Crippen LogP contribution in [0.2, 0.25) is 0 Å². The molecule has 0 aliphatic rings. The highest BCUT2D eigenvalue weighted by Gasteiger charge is 2.19. The van der Waals surface area contributed by atoms with Gasteiger partial charge in [-0.05, 0) is 38.0 Å². The summed E-state index contributed by atoms with van der Waals surface area (Å²) in [6.07, 6.45) is 3.35. The summed E-state index contributed by atoms with van der Waals surface area (Å²) in [6.45, 7) is 8.26. The molecule has 1 unspecified atom stereocenters. The van der Waals surface area contributed by atoms with Crippen molar-refractivity contribution in [3.8, 4) is 17.0 Å². The molecule has 0 aliphatic carbocycles. The highest BCUT2D eigenvalue weighted by molar-refractivity contribution is 7.92. The zero-order chi connectivity index (χ0) is 19.6. The quantitative estimate of drug-likeness (QED) is 0.367. The smallest absolute Gasteiger partial charge is 0.290 e. The molecule has 27 heavy (non-hydrogen) atoms. The fourth-order valence-corrected chi connectivity index (χ4v) is 3.27. The van der Waals surface area contributed by atoms with Crippen LogP contribution in [-0.4, -0.2) is 26.9 Å². The second-order valence-electron chi connectivity index (χ2n) is 6.75. The Morgan fingerprint density at radius 3 is 2.81 bits per heavy atom. The van der Waals surface area contributed by atoms with Gasteiger partial charge >= 0.3 is 0 Å². The Morgan fingerprint density at radius 2 is 2.11 bits per heavy atom. The molecule has 3 aromatic heterocycles. The topological polar surface area (TPSA) is 99.9 Å². The summed E-state index contributed by atoms with van der Waals surface area (Å²) >= 11 is -1.18. The van der Waals surface area contributed by atoms with Gasteiger partial charge in [0, 0.05) is 11.1 Å². The Labute approximate surface area is 161 Å². The number of aryl methyl sites for hydroxylation is 1. The van der Waals surface area contributed by atoms with Crippen LogP contribution in [0.25, 0.3) is 22.2 Å². The molecule has 8 heteroatoms. The maximum atomic E-state index is 12.3. The van der Waals surface area contributed by atoms with E-state index in [4.69, 9.17) is 4.74 Å². The van der Waals surface area contributed by atoms with E-state index in [2.05, 4.69) is 28.5 Å². The number of nitrogens with zero attached hydrogens (tertiary/aromatic N) is 2. The zero-order valence-corrected chi connectivity index (χ0v) is 16.7. The molecule has 3 aromatic rings. The number of pyridine rings is 2. The lowest BCUT2D eigenvalue weighted by atomic mass is 10.0. The first-order valence-corrected chi connectivity index (χ1v) is 10.2. The van der Waals surface area contributed by atoms with Gasteiger partial charge in [0.2, 0.25) is 5.88 Å². The average molecular weight is 388 g/mol. The van der Waals surface area contributed by atoms with Crippen LogP contribution in [0.1, 0.15) is 26.5 Å². The third kappa shape index (κ3) is 4.12. The van der Waals surface area contributed by atoms with Crippen molar-refractivity contribution in [1.29, 1.82) is 0 Å². The molecule has 0 saturated heterocycles. The number of aromatic nitrogens is 3. The van der Waals surface area contributed by atoms with Gasteiger partial charge in [-0.2, -0.15) is 0 Å². The van der Waals surface area contributed by atoms with Crippen molar-refractivity contribution >= 4 is 28.1 Å². The summed E-state index contributed by atoms with van der Waals surface area (Å²) < 4.78 is 21.6. The molecule has 0 aliphatic heterocycles. The van der Waals surface area contributed by atoms with Crippen molar-refractivity contribution < 1.29 is 14.0 Å². The maximum absolute atomic E-state index is 12.3. The fraction of sp³-hybridized carbons (Fsp3) is 0.368. The number of rotatable bonds is 7. The summed E-state index contributed by atoms with van der Waals surface area (Å²) in [7, 11) is 0. The Kier molecular flexibility index (Phi) is 5.76. The molecule has 1 atom stereocenters. The fourth-order valence-electron chi connectivity index (χ4n) is 2.76. The molecule has 0 aromatic carbocycles. The summed E-state index contributed by atoms with van der Waals surface area (Å²) in [5.41, 5.74) is 3.28. The number of ether oxygens (including phenoxy) is 1. The van der Waals surface area contributed by atoms with Crippen LogP contribution in [0.3, 0.4) is 0 Å². The first kappa shape index (κ1) is 19.3. The van der Waals surface area contributed by atoms with Gasteiger partial charge in [-0.1, -0.05) is 13.8 Å². The molecule has 0 bridgehead atoms. The van der Waals surface area contributed by atoms with Gasteiger partial charge in [0.05, 0.1) is 35.7 Å². The highest BCUT2D eigenvalue weighted by atomic mass is 32.2. The van der Waals surface area contributed by atoms with Crippen molar-refractivity contribution in [1.82, 2.24) is 9.97 Å². The molecule has 144 valence electrons. The molecule has 0 radical (unpaired) electrons. The third-order valence-corrected chi connectivity index (χ3v) is 5.07. The monoisotopic (exact) mass is 388 g/mol. The normalized spacial score (nSPS) is 12.5. The first-order chi connectivity index (χ1) is 12.9. The molecule has 2 N–H and O–H groups in total. The van der Waals surface area contributed by atoms with E-state index in [0.717, 1.165) is 21.2 Å². The van der Waals surface area contributed by atoms with Crippen LogP contribution in [-0.2, 0) is 11.4 Å². The summed E-state index contributed by atoms with van der Waals surface area (Å²) in [5.74, 6) is 1.32. The maximum Gasteiger partial charge on any atom is 0.290 e. The Morgan fingerprint density at radius 1 is 1.33 bits per heavy atom. The van der Waals surface area contributed by atoms with E-state index in [9.17, 15) is 9.76 Å². The second kappa shape index (κ2) is 8.06. The first-order valence-electron chi connectivity index (χ1n) is 8.89. The van der Waals surface area contributed by atoms with Crippen LogP contribution in [0.15, 0.2) is 30.6 Å². The van der Waals surface area contributed by atoms with E-state index in [1.807, 2.05) is 25.1 Å². The van der Waals surface area contributed by atoms with Crippen LogP contribution >= 0.6 is 0 Å². The van der Waals surface area contributed by atoms with Crippen LogP contribution < -0.4 is 14.2 Å². The molecule has 0 amide bonds. The van der Waals surface area contributed by atoms with Crippen molar-refractivity contribution in [2.75, 3.05) is 17.1 Å². The van der Waals surface area contributed by atoms with Crippen LogP contribution in [0.5, 0.6) is 5.88 Å². The van der Waals surface area contributed by atoms with E-state index in [0.29, 0.717) is 41.2 Å². The SMILES string of the molecule is CC[S+]([O-])Nc1cnc(OCC(C)C)c(-c2cc(C)[n+]([O-])c3[nH]ccc23)c1. The predicted molar refractivity (Wildman–Crippen MR) is 108 cm³/mol.